The zero-order chi connectivity index (χ0) is 13.7. The van der Waals surface area contributed by atoms with Crippen molar-refractivity contribution < 1.29 is 9.90 Å². The number of aryl methyl sites for hydroxylation is 2. The van der Waals surface area contributed by atoms with Crippen molar-refractivity contribution in [3.05, 3.63) is 29.8 Å². The average molecular weight is 262 g/mol. The molecule has 0 atom stereocenters. The first-order chi connectivity index (χ1) is 9.15. The van der Waals surface area contributed by atoms with Gasteiger partial charge in [-0.05, 0) is 18.9 Å². The molecule has 0 bridgehead atoms. The van der Waals surface area contributed by atoms with E-state index in [2.05, 4.69) is 25.5 Å². The molecule has 19 heavy (non-hydrogen) atoms. The second-order valence-corrected chi connectivity index (χ2v) is 3.93. The monoisotopic (exact) mass is 262 g/mol. The van der Waals surface area contributed by atoms with Gasteiger partial charge in [-0.2, -0.15) is 15.0 Å². The summed E-state index contributed by atoms with van der Waals surface area (Å²) in [6.07, 6.45) is 4.77. The third-order valence-corrected chi connectivity index (χ3v) is 2.41. The maximum absolute atomic E-state index is 10.7. The largest absolute Gasteiger partial charge is 0.477 e. The lowest BCUT2D eigenvalue weighted by Crippen LogP contribution is -2.09. The molecule has 8 heteroatoms. The summed E-state index contributed by atoms with van der Waals surface area (Å²) in [5, 5.41) is 19.9. The fourth-order valence-corrected chi connectivity index (χ4v) is 1.53. The van der Waals surface area contributed by atoms with E-state index in [4.69, 9.17) is 5.11 Å². The summed E-state index contributed by atoms with van der Waals surface area (Å²) in [4.78, 5) is 20.1. The molecule has 0 amide bonds. The summed E-state index contributed by atoms with van der Waals surface area (Å²) >= 11 is 0. The smallest absolute Gasteiger partial charge is 0.354 e. The molecule has 0 aliphatic rings. The fourth-order valence-electron chi connectivity index (χ4n) is 1.53. The minimum atomic E-state index is -1.06. The Kier molecular flexibility index (Phi) is 4.01. The molecule has 0 unspecified atom stereocenters. The van der Waals surface area contributed by atoms with Crippen molar-refractivity contribution in [1.29, 1.82) is 0 Å². The molecule has 2 N–H and O–H groups in total. The molecule has 0 fully saturated rings. The van der Waals surface area contributed by atoms with Crippen LogP contribution >= 0.6 is 0 Å². The van der Waals surface area contributed by atoms with Gasteiger partial charge in [-0.1, -0.05) is 0 Å². The second-order valence-electron chi connectivity index (χ2n) is 3.93. The molecule has 2 aromatic rings. The maximum Gasteiger partial charge on any atom is 0.354 e. The number of rotatable bonds is 6. The zero-order valence-electron chi connectivity index (χ0n) is 10.4. The van der Waals surface area contributed by atoms with Gasteiger partial charge in [-0.3, -0.25) is 0 Å². The summed E-state index contributed by atoms with van der Waals surface area (Å²) < 4.78 is 0. The van der Waals surface area contributed by atoms with Crippen LogP contribution in [-0.4, -0.2) is 42.6 Å². The van der Waals surface area contributed by atoms with E-state index in [0.717, 1.165) is 18.5 Å². The van der Waals surface area contributed by atoms with E-state index in [1.807, 2.05) is 0 Å². The molecule has 2 heterocycles. The number of carboxylic acid groups (broad SMARTS) is 1. The van der Waals surface area contributed by atoms with Crippen molar-refractivity contribution >= 4 is 11.9 Å². The van der Waals surface area contributed by atoms with Crippen LogP contribution in [0.2, 0.25) is 0 Å². The average Bonchev–Trinajstić information content (AvgIpc) is 2.81. The summed E-state index contributed by atoms with van der Waals surface area (Å²) in [5.74, 6) is -0.746. The van der Waals surface area contributed by atoms with Gasteiger partial charge in [0.25, 0.3) is 0 Å². The molecular weight excluding hydrogens is 248 g/mol. The standard InChI is InChI=1S/C11H14N6O2/c1-17-14-7-8(16-17)3-2-5-12-11-13-6-4-9(15-11)10(18)19/h4,6-7H,2-3,5H2,1H3,(H,18,19)(H,12,13,15). The zero-order valence-corrected chi connectivity index (χ0v) is 10.4. The Morgan fingerprint density at radius 1 is 1.53 bits per heavy atom. The highest BCUT2D eigenvalue weighted by atomic mass is 16.4. The Balaban J connectivity index is 1.79. The highest BCUT2D eigenvalue weighted by molar-refractivity contribution is 5.85. The van der Waals surface area contributed by atoms with Crippen LogP contribution in [0.5, 0.6) is 0 Å². The van der Waals surface area contributed by atoms with E-state index >= 15 is 0 Å². The minimum Gasteiger partial charge on any atom is -0.477 e. The third kappa shape index (κ3) is 3.73. The lowest BCUT2D eigenvalue weighted by Gasteiger charge is -2.03. The molecule has 0 aromatic carbocycles. The SMILES string of the molecule is Cn1ncc(CCCNc2nccc(C(=O)O)n2)n1. The maximum atomic E-state index is 10.7. The molecule has 8 nitrogen and oxygen atoms in total. The lowest BCUT2D eigenvalue weighted by atomic mass is 10.2. The van der Waals surface area contributed by atoms with E-state index in [1.54, 1.807) is 13.2 Å². The van der Waals surface area contributed by atoms with Crippen LogP contribution in [0.15, 0.2) is 18.5 Å². The molecule has 0 aliphatic heterocycles. The van der Waals surface area contributed by atoms with Crippen molar-refractivity contribution in [2.75, 3.05) is 11.9 Å². The third-order valence-electron chi connectivity index (χ3n) is 2.41. The Morgan fingerprint density at radius 3 is 3.05 bits per heavy atom. The van der Waals surface area contributed by atoms with Gasteiger partial charge in [0.05, 0.1) is 11.9 Å². The van der Waals surface area contributed by atoms with Gasteiger partial charge < -0.3 is 10.4 Å². The van der Waals surface area contributed by atoms with Crippen LogP contribution < -0.4 is 5.32 Å². The first-order valence-corrected chi connectivity index (χ1v) is 5.80. The number of anilines is 1. The Morgan fingerprint density at radius 2 is 2.37 bits per heavy atom. The molecule has 0 spiro atoms. The Labute approximate surface area is 109 Å². The van der Waals surface area contributed by atoms with Gasteiger partial charge in [0, 0.05) is 19.8 Å². The molecule has 0 saturated carbocycles. The van der Waals surface area contributed by atoms with Crippen LogP contribution in [0.3, 0.4) is 0 Å². The van der Waals surface area contributed by atoms with E-state index in [1.165, 1.54) is 17.1 Å². The van der Waals surface area contributed by atoms with Crippen LogP contribution in [0, 0.1) is 0 Å². The number of hydrogen-bond donors (Lipinski definition) is 2. The predicted octanol–water partition coefficient (Wildman–Crippen LogP) is 0.348. The van der Waals surface area contributed by atoms with Crippen molar-refractivity contribution in [2.24, 2.45) is 7.05 Å². The number of hydrogen-bond acceptors (Lipinski definition) is 6. The highest BCUT2D eigenvalue weighted by Gasteiger charge is 2.05. The molecule has 0 saturated heterocycles. The summed E-state index contributed by atoms with van der Waals surface area (Å²) in [5.41, 5.74) is 0.899. The Bertz CT molecular complexity index is 568. The normalized spacial score (nSPS) is 10.4. The summed E-state index contributed by atoms with van der Waals surface area (Å²) in [6.45, 7) is 0.639. The van der Waals surface area contributed by atoms with E-state index < -0.39 is 5.97 Å². The molecule has 0 aliphatic carbocycles. The molecule has 100 valence electrons. The van der Waals surface area contributed by atoms with Crippen LogP contribution in [0.25, 0.3) is 0 Å². The number of aromatic carboxylic acids is 1. The van der Waals surface area contributed by atoms with E-state index in [-0.39, 0.29) is 5.69 Å². The molecule has 0 radical (unpaired) electrons. The van der Waals surface area contributed by atoms with Crippen LogP contribution in [0.4, 0.5) is 5.95 Å². The van der Waals surface area contributed by atoms with Gasteiger partial charge in [0.2, 0.25) is 5.95 Å². The van der Waals surface area contributed by atoms with Gasteiger partial charge in [0.15, 0.2) is 5.69 Å². The van der Waals surface area contributed by atoms with E-state index in [9.17, 15) is 4.79 Å². The van der Waals surface area contributed by atoms with Crippen molar-refractivity contribution in [3.8, 4) is 0 Å². The first-order valence-electron chi connectivity index (χ1n) is 5.80. The lowest BCUT2D eigenvalue weighted by molar-refractivity contribution is 0.0690. The molecule has 2 rings (SSSR count). The minimum absolute atomic E-state index is 0.0218. The fraction of sp³-hybridized carbons (Fsp3) is 0.364. The Hall–Kier alpha value is -2.51. The quantitative estimate of drug-likeness (QED) is 0.723. The van der Waals surface area contributed by atoms with Gasteiger partial charge >= 0.3 is 5.97 Å². The predicted molar refractivity (Wildman–Crippen MR) is 66.8 cm³/mol. The van der Waals surface area contributed by atoms with Gasteiger partial charge in [-0.15, -0.1) is 0 Å². The highest BCUT2D eigenvalue weighted by Crippen LogP contribution is 2.02. The first kappa shape index (κ1) is 12.9. The number of carboxylic acids is 1. The number of aromatic nitrogens is 5. The number of nitrogens with zero attached hydrogens (tertiary/aromatic N) is 5. The van der Waals surface area contributed by atoms with Crippen LogP contribution in [-0.2, 0) is 13.5 Å². The van der Waals surface area contributed by atoms with Crippen molar-refractivity contribution in [3.63, 3.8) is 0 Å². The summed E-state index contributed by atoms with van der Waals surface area (Å²) in [6, 6.07) is 1.35. The van der Waals surface area contributed by atoms with E-state index in [0.29, 0.717) is 12.5 Å². The molecule has 2 aromatic heterocycles. The number of nitrogens with one attached hydrogen (secondary N) is 1. The van der Waals surface area contributed by atoms with Gasteiger partial charge in [-0.25, -0.2) is 14.8 Å². The topological polar surface area (TPSA) is 106 Å². The second kappa shape index (κ2) is 5.89. The van der Waals surface area contributed by atoms with Gasteiger partial charge in [0.1, 0.15) is 0 Å². The van der Waals surface area contributed by atoms with Crippen molar-refractivity contribution in [2.45, 2.75) is 12.8 Å². The molecular formula is C11H14N6O2. The summed E-state index contributed by atoms with van der Waals surface area (Å²) in [7, 11) is 1.77. The van der Waals surface area contributed by atoms with Crippen LogP contribution in [0.1, 0.15) is 22.6 Å². The van der Waals surface area contributed by atoms with Crippen molar-refractivity contribution in [1.82, 2.24) is 25.0 Å². The number of carbonyl (C=O) groups is 1.